The number of rotatable bonds is 6. The SMILES string of the molecule is O=C(CC1CCNCC1)Nc1cncc(-c2cnc3[nH]nc(-c4nc5c(-c6ccoc6)nccc5[nH]4)c3c2)c1. The Balaban J connectivity index is 1.19. The van der Waals surface area contributed by atoms with E-state index in [-0.39, 0.29) is 5.91 Å². The Morgan fingerprint density at radius 3 is 2.79 bits per heavy atom. The third-order valence-corrected chi connectivity index (χ3v) is 7.12. The van der Waals surface area contributed by atoms with Crippen LogP contribution in [-0.4, -0.2) is 54.1 Å². The first kappa shape index (κ1) is 23.2. The molecule has 7 heterocycles. The lowest BCUT2D eigenvalue weighted by atomic mass is 9.94. The number of piperidine rings is 1. The van der Waals surface area contributed by atoms with Crippen molar-refractivity contribution in [3.8, 4) is 33.9 Å². The van der Waals surface area contributed by atoms with E-state index in [4.69, 9.17) is 9.40 Å². The lowest BCUT2D eigenvalue weighted by molar-refractivity contribution is -0.117. The van der Waals surface area contributed by atoms with Crippen molar-refractivity contribution < 1.29 is 9.21 Å². The monoisotopic (exact) mass is 519 g/mol. The predicted molar refractivity (Wildman–Crippen MR) is 147 cm³/mol. The van der Waals surface area contributed by atoms with Crippen LogP contribution in [0.15, 0.2) is 66.0 Å². The molecule has 194 valence electrons. The van der Waals surface area contributed by atoms with Crippen LogP contribution in [0.25, 0.3) is 56.0 Å². The molecular weight excluding hydrogens is 494 g/mol. The van der Waals surface area contributed by atoms with Gasteiger partial charge in [0.15, 0.2) is 11.5 Å². The van der Waals surface area contributed by atoms with Gasteiger partial charge in [-0.2, -0.15) is 5.10 Å². The number of pyridine rings is 3. The van der Waals surface area contributed by atoms with Gasteiger partial charge < -0.3 is 20.0 Å². The smallest absolute Gasteiger partial charge is 0.224 e. The second-order valence-electron chi connectivity index (χ2n) is 9.75. The van der Waals surface area contributed by atoms with Gasteiger partial charge in [-0.3, -0.25) is 19.9 Å². The molecule has 0 bridgehead atoms. The van der Waals surface area contributed by atoms with Crippen LogP contribution < -0.4 is 10.6 Å². The highest BCUT2D eigenvalue weighted by Crippen LogP contribution is 2.32. The van der Waals surface area contributed by atoms with E-state index in [1.807, 2.05) is 24.3 Å². The Morgan fingerprint density at radius 2 is 1.92 bits per heavy atom. The Kier molecular flexibility index (Phi) is 5.82. The molecule has 39 heavy (non-hydrogen) atoms. The van der Waals surface area contributed by atoms with Crippen molar-refractivity contribution in [1.29, 1.82) is 0 Å². The fourth-order valence-corrected chi connectivity index (χ4v) is 5.13. The fourth-order valence-electron chi connectivity index (χ4n) is 5.13. The predicted octanol–water partition coefficient (Wildman–Crippen LogP) is 4.55. The van der Waals surface area contributed by atoms with Crippen LogP contribution in [0.4, 0.5) is 5.69 Å². The molecule has 0 radical (unpaired) electrons. The Morgan fingerprint density at radius 1 is 1.03 bits per heavy atom. The summed E-state index contributed by atoms with van der Waals surface area (Å²) in [5, 5.41) is 14.7. The van der Waals surface area contributed by atoms with Crippen molar-refractivity contribution in [2.45, 2.75) is 19.3 Å². The number of H-pyrrole nitrogens is 2. The van der Waals surface area contributed by atoms with Gasteiger partial charge in [0.25, 0.3) is 0 Å². The summed E-state index contributed by atoms with van der Waals surface area (Å²) >= 11 is 0. The molecular formula is C28H25N9O2. The van der Waals surface area contributed by atoms with Crippen LogP contribution in [0.1, 0.15) is 19.3 Å². The summed E-state index contributed by atoms with van der Waals surface area (Å²) in [7, 11) is 0. The number of aromatic amines is 2. The third kappa shape index (κ3) is 4.53. The fraction of sp³-hybridized carbons (Fsp3) is 0.214. The first-order chi connectivity index (χ1) is 19.2. The average molecular weight is 520 g/mol. The first-order valence-electron chi connectivity index (χ1n) is 12.9. The van der Waals surface area contributed by atoms with Gasteiger partial charge in [-0.1, -0.05) is 0 Å². The van der Waals surface area contributed by atoms with Crippen molar-refractivity contribution in [1.82, 2.24) is 40.4 Å². The Bertz CT molecular complexity index is 1780. The van der Waals surface area contributed by atoms with Gasteiger partial charge in [0.05, 0.1) is 35.3 Å². The number of nitrogens with one attached hydrogen (secondary N) is 4. The second-order valence-corrected chi connectivity index (χ2v) is 9.75. The molecule has 0 saturated carbocycles. The molecule has 1 fully saturated rings. The normalized spacial score (nSPS) is 14.3. The number of hydrogen-bond acceptors (Lipinski definition) is 8. The maximum atomic E-state index is 12.6. The standard InChI is InChI=1S/C28H25N9O2/c38-23(9-16-1-5-29-6-2-16)33-20-10-18(12-30-14-20)19-11-21-25(36-37-27(21)32-13-19)28-34-22-3-7-31-24(26(22)35-28)17-4-8-39-15-17/h3-4,7-8,10-16,29H,1-2,5-6,9H2,(H,33,38)(H,34,35)(H,32,36,37). The summed E-state index contributed by atoms with van der Waals surface area (Å²) in [5.41, 5.74) is 6.79. The number of anilines is 1. The highest BCUT2D eigenvalue weighted by molar-refractivity contribution is 5.96. The van der Waals surface area contributed by atoms with Crippen molar-refractivity contribution >= 4 is 33.7 Å². The molecule has 1 aliphatic heterocycles. The van der Waals surface area contributed by atoms with E-state index in [1.165, 1.54) is 0 Å². The Labute approximate surface area is 222 Å². The summed E-state index contributed by atoms with van der Waals surface area (Å²) < 4.78 is 5.24. The van der Waals surface area contributed by atoms with E-state index < -0.39 is 0 Å². The number of carbonyl (C=O) groups is 1. The van der Waals surface area contributed by atoms with Gasteiger partial charge in [-0.05, 0) is 56.1 Å². The highest BCUT2D eigenvalue weighted by atomic mass is 16.3. The molecule has 4 N–H and O–H groups in total. The molecule has 1 aliphatic rings. The molecule has 11 nitrogen and oxygen atoms in total. The minimum Gasteiger partial charge on any atom is -0.472 e. The van der Waals surface area contributed by atoms with Gasteiger partial charge in [0.1, 0.15) is 16.9 Å². The molecule has 0 unspecified atom stereocenters. The molecule has 1 amide bonds. The largest absolute Gasteiger partial charge is 0.472 e. The van der Waals surface area contributed by atoms with Crippen molar-refractivity contribution in [2.24, 2.45) is 5.92 Å². The molecule has 6 aromatic rings. The molecule has 1 saturated heterocycles. The van der Waals surface area contributed by atoms with Crippen LogP contribution in [0.2, 0.25) is 0 Å². The van der Waals surface area contributed by atoms with Crippen molar-refractivity contribution in [3.05, 3.63) is 61.6 Å². The molecule has 11 heteroatoms. The van der Waals surface area contributed by atoms with Gasteiger partial charge in [-0.15, -0.1) is 0 Å². The lowest BCUT2D eigenvalue weighted by Gasteiger charge is -2.21. The summed E-state index contributed by atoms with van der Waals surface area (Å²) in [4.78, 5) is 34.3. The van der Waals surface area contributed by atoms with Crippen LogP contribution in [0.5, 0.6) is 0 Å². The number of hydrogen-bond donors (Lipinski definition) is 4. The minimum absolute atomic E-state index is 0.0145. The van der Waals surface area contributed by atoms with Crippen molar-refractivity contribution in [3.63, 3.8) is 0 Å². The Hall–Kier alpha value is -4.90. The summed E-state index contributed by atoms with van der Waals surface area (Å²) in [6.07, 6.45) is 12.8. The molecule has 0 spiro atoms. The number of fused-ring (bicyclic) bond motifs is 2. The van der Waals surface area contributed by atoms with E-state index in [0.29, 0.717) is 35.2 Å². The number of amides is 1. The maximum absolute atomic E-state index is 12.6. The van der Waals surface area contributed by atoms with Gasteiger partial charge in [0.2, 0.25) is 5.91 Å². The molecule has 0 atom stereocenters. The zero-order valence-corrected chi connectivity index (χ0v) is 20.9. The number of imidazole rings is 1. The van der Waals surface area contributed by atoms with E-state index in [2.05, 4.69) is 40.8 Å². The van der Waals surface area contributed by atoms with Crippen LogP contribution in [0.3, 0.4) is 0 Å². The lowest BCUT2D eigenvalue weighted by Crippen LogP contribution is -2.30. The van der Waals surface area contributed by atoms with Crippen molar-refractivity contribution in [2.75, 3.05) is 18.4 Å². The number of aromatic nitrogens is 7. The third-order valence-electron chi connectivity index (χ3n) is 7.12. The quantitative estimate of drug-likeness (QED) is 0.250. The second kappa shape index (κ2) is 9.76. The molecule has 7 rings (SSSR count). The average Bonchev–Trinajstić information content (AvgIpc) is 3.73. The number of carbonyl (C=O) groups excluding carboxylic acids is 1. The number of furan rings is 1. The zero-order valence-electron chi connectivity index (χ0n) is 20.9. The van der Waals surface area contributed by atoms with Crippen LogP contribution in [0, 0.1) is 5.92 Å². The summed E-state index contributed by atoms with van der Waals surface area (Å²) in [6, 6.07) is 7.65. The summed E-state index contributed by atoms with van der Waals surface area (Å²) in [6.45, 7) is 1.94. The van der Waals surface area contributed by atoms with Gasteiger partial charge in [0, 0.05) is 41.7 Å². The van der Waals surface area contributed by atoms with Gasteiger partial charge in [-0.25, -0.2) is 9.97 Å². The zero-order chi connectivity index (χ0) is 26.2. The van der Waals surface area contributed by atoms with E-state index >= 15 is 0 Å². The van der Waals surface area contributed by atoms with E-state index in [9.17, 15) is 4.79 Å². The van der Waals surface area contributed by atoms with Crippen LogP contribution >= 0.6 is 0 Å². The minimum atomic E-state index is 0.0145. The number of nitrogens with zero attached hydrogens (tertiary/aromatic N) is 5. The van der Waals surface area contributed by atoms with E-state index in [1.54, 1.807) is 37.3 Å². The van der Waals surface area contributed by atoms with E-state index in [0.717, 1.165) is 64.7 Å². The molecule has 0 aromatic carbocycles. The first-order valence-corrected chi connectivity index (χ1v) is 12.9. The highest BCUT2D eigenvalue weighted by Gasteiger charge is 2.19. The topological polar surface area (TPSA) is 150 Å². The molecule has 6 aromatic heterocycles. The van der Waals surface area contributed by atoms with Gasteiger partial charge >= 0.3 is 0 Å². The molecule has 0 aliphatic carbocycles. The maximum Gasteiger partial charge on any atom is 0.224 e. The van der Waals surface area contributed by atoms with Crippen LogP contribution in [-0.2, 0) is 4.79 Å². The summed E-state index contributed by atoms with van der Waals surface area (Å²) in [5.74, 6) is 1.03.